The fourth-order valence-corrected chi connectivity index (χ4v) is 2.44. The summed E-state index contributed by atoms with van der Waals surface area (Å²) in [6.45, 7) is 4.21. The summed E-state index contributed by atoms with van der Waals surface area (Å²) in [5.74, 6) is -0.0173. The molecule has 0 radical (unpaired) electrons. The van der Waals surface area contributed by atoms with Crippen LogP contribution >= 0.6 is 11.3 Å². The minimum atomic E-state index is -3.26. The highest BCUT2D eigenvalue weighted by Crippen LogP contribution is 2.03. The zero-order valence-electron chi connectivity index (χ0n) is 9.34. The van der Waals surface area contributed by atoms with Gasteiger partial charge in [0.1, 0.15) is 5.01 Å². The van der Waals surface area contributed by atoms with Crippen molar-refractivity contribution >= 4 is 21.4 Å². The minimum Gasteiger partial charge on any atom is -0.378 e. The Morgan fingerprint density at radius 3 is 2.88 bits per heavy atom. The fraction of sp³-hybridized carbons (Fsp3) is 0.667. The first-order valence-corrected chi connectivity index (χ1v) is 7.50. The third-order valence-corrected chi connectivity index (χ3v) is 3.80. The third-order valence-electron chi connectivity index (χ3n) is 1.73. The molecule has 0 aliphatic rings. The molecule has 5 nitrogen and oxygen atoms in total. The predicted molar refractivity (Wildman–Crippen MR) is 63.8 cm³/mol. The van der Waals surface area contributed by atoms with Gasteiger partial charge in [-0.25, -0.2) is 18.1 Å². The van der Waals surface area contributed by atoms with E-state index in [4.69, 9.17) is 4.74 Å². The number of hydrogen-bond donors (Lipinski definition) is 1. The first-order chi connectivity index (χ1) is 7.49. The summed E-state index contributed by atoms with van der Waals surface area (Å²) in [5, 5.41) is 2.57. The summed E-state index contributed by atoms with van der Waals surface area (Å²) in [5.41, 5.74) is 0. The van der Waals surface area contributed by atoms with Gasteiger partial charge in [-0.1, -0.05) is 0 Å². The lowest BCUT2D eigenvalue weighted by molar-refractivity contribution is 0.0911. The summed E-state index contributed by atoms with van der Waals surface area (Å²) < 4.78 is 30.6. The number of nitrogens with zero attached hydrogens (tertiary/aromatic N) is 1. The molecule has 0 fully saturated rings. The molecule has 92 valence electrons. The van der Waals surface area contributed by atoms with E-state index >= 15 is 0 Å². The van der Waals surface area contributed by atoms with E-state index in [0.717, 1.165) is 5.01 Å². The van der Waals surface area contributed by atoms with Gasteiger partial charge in [0.05, 0.1) is 25.0 Å². The molecule has 0 aliphatic heterocycles. The minimum absolute atomic E-state index is 0.0173. The van der Waals surface area contributed by atoms with Crippen LogP contribution < -0.4 is 4.72 Å². The number of rotatable bonds is 7. The maximum atomic E-state index is 11.5. The highest BCUT2D eigenvalue weighted by Gasteiger charge is 2.10. The second kappa shape index (κ2) is 6.29. The van der Waals surface area contributed by atoms with Crippen LogP contribution in [0.2, 0.25) is 0 Å². The molecule has 0 unspecified atom stereocenters. The van der Waals surface area contributed by atoms with Gasteiger partial charge in [-0.2, -0.15) is 0 Å². The standard InChI is InChI=1S/C9H16N2O3S2/c1-8(2)14-4-6-16(12,13)11-7-9-10-3-5-15-9/h3,5,8,11H,4,6-7H2,1-2H3. The van der Waals surface area contributed by atoms with Gasteiger partial charge in [0, 0.05) is 11.6 Å². The van der Waals surface area contributed by atoms with Crippen molar-refractivity contribution in [3.63, 3.8) is 0 Å². The molecule has 1 heterocycles. The number of thiazole rings is 1. The van der Waals surface area contributed by atoms with Gasteiger partial charge in [-0.15, -0.1) is 11.3 Å². The van der Waals surface area contributed by atoms with Crippen molar-refractivity contribution in [1.29, 1.82) is 0 Å². The lowest BCUT2D eigenvalue weighted by Gasteiger charge is -2.08. The van der Waals surface area contributed by atoms with E-state index < -0.39 is 10.0 Å². The molecule has 0 aliphatic carbocycles. The molecule has 1 N–H and O–H groups in total. The molecule has 0 spiro atoms. The summed E-state index contributed by atoms with van der Waals surface area (Å²) >= 11 is 1.42. The van der Waals surface area contributed by atoms with Crippen LogP contribution in [-0.2, 0) is 21.3 Å². The van der Waals surface area contributed by atoms with Gasteiger partial charge >= 0.3 is 0 Å². The van der Waals surface area contributed by atoms with Crippen LogP contribution in [0.5, 0.6) is 0 Å². The number of sulfonamides is 1. The molecule has 0 amide bonds. The first kappa shape index (κ1) is 13.6. The number of aromatic nitrogens is 1. The van der Waals surface area contributed by atoms with E-state index in [1.807, 2.05) is 19.2 Å². The van der Waals surface area contributed by atoms with Gasteiger partial charge in [0.25, 0.3) is 0 Å². The normalized spacial score (nSPS) is 12.2. The number of ether oxygens (including phenoxy) is 1. The zero-order valence-corrected chi connectivity index (χ0v) is 11.0. The molecule has 0 atom stereocenters. The van der Waals surface area contributed by atoms with E-state index in [1.165, 1.54) is 11.3 Å². The van der Waals surface area contributed by atoms with E-state index in [2.05, 4.69) is 9.71 Å². The summed E-state index contributed by atoms with van der Waals surface area (Å²) in [6.07, 6.45) is 1.70. The van der Waals surface area contributed by atoms with Crippen molar-refractivity contribution in [1.82, 2.24) is 9.71 Å². The van der Waals surface area contributed by atoms with Crippen LogP contribution in [0.3, 0.4) is 0 Å². The maximum absolute atomic E-state index is 11.5. The Bertz CT molecular complexity index is 387. The third kappa shape index (κ3) is 5.55. The Kier molecular flexibility index (Phi) is 5.33. The van der Waals surface area contributed by atoms with Crippen molar-refractivity contribution in [2.24, 2.45) is 0 Å². The summed E-state index contributed by atoms with van der Waals surface area (Å²) in [4.78, 5) is 3.99. The molecule has 1 rings (SSSR count). The van der Waals surface area contributed by atoms with Crippen LogP contribution in [0.15, 0.2) is 11.6 Å². The van der Waals surface area contributed by atoms with Crippen molar-refractivity contribution in [3.05, 3.63) is 16.6 Å². The Morgan fingerprint density at radius 2 is 2.31 bits per heavy atom. The number of nitrogens with one attached hydrogen (secondary N) is 1. The molecular formula is C9H16N2O3S2. The lowest BCUT2D eigenvalue weighted by atomic mass is 10.5. The van der Waals surface area contributed by atoms with Gasteiger partial charge in [-0.05, 0) is 13.8 Å². The second-order valence-electron chi connectivity index (χ2n) is 3.49. The first-order valence-electron chi connectivity index (χ1n) is 4.97. The average molecular weight is 264 g/mol. The van der Waals surface area contributed by atoms with Crippen LogP contribution in [0.25, 0.3) is 0 Å². The van der Waals surface area contributed by atoms with Gasteiger partial charge in [0.2, 0.25) is 10.0 Å². The van der Waals surface area contributed by atoms with Crippen LogP contribution in [-0.4, -0.2) is 31.9 Å². The molecule has 0 aromatic carbocycles. The van der Waals surface area contributed by atoms with E-state index in [9.17, 15) is 8.42 Å². The smallest absolute Gasteiger partial charge is 0.214 e. The molecule has 0 bridgehead atoms. The average Bonchev–Trinajstić information content (AvgIpc) is 2.66. The molecule has 16 heavy (non-hydrogen) atoms. The predicted octanol–water partition coefficient (Wildman–Crippen LogP) is 0.987. The monoisotopic (exact) mass is 264 g/mol. The van der Waals surface area contributed by atoms with E-state index in [0.29, 0.717) is 0 Å². The van der Waals surface area contributed by atoms with E-state index in [1.54, 1.807) is 6.20 Å². The molecule has 0 saturated heterocycles. The quantitative estimate of drug-likeness (QED) is 0.797. The Labute approximate surface area is 99.9 Å². The van der Waals surface area contributed by atoms with Crippen molar-refractivity contribution in [2.75, 3.05) is 12.4 Å². The van der Waals surface area contributed by atoms with Crippen LogP contribution in [0, 0.1) is 0 Å². The van der Waals surface area contributed by atoms with Crippen LogP contribution in [0.1, 0.15) is 18.9 Å². The highest BCUT2D eigenvalue weighted by molar-refractivity contribution is 7.89. The highest BCUT2D eigenvalue weighted by atomic mass is 32.2. The Balaban J connectivity index is 2.29. The Hall–Kier alpha value is -0.500. The molecule has 1 aromatic rings. The largest absolute Gasteiger partial charge is 0.378 e. The SMILES string of the molecule is CC(C)OCCS(=O)(=O)NCc1nccs1. The van der Waals surface area contributed by atoms with Crippen LogP contribution in [0.4, 0.5) is 0 Å². The van der Waals surface area contributed by atoms with Crippen molar-refractivity contribution in [2.45, 2.75) is 26.5 Å². The maximum Gasteiger partial charge on any atom is 0.214 e. The molecular weight excluding hydrogens is 248 g/mol. The summed E-state index contributed by atoms with van der Waals surface area (Å²) in [7, 11) is -3.26. The van der Waals surface area contributed by atoms with Crippen molar-refractivity contribution < 1.29 is 13.2 Å². The van der Waals surface area contributed by atoms with Crippen molar-refractivity contribution in [3.8, 4) is 0 Å². The van der Waals surface area contributed by atoms with Gasteiger partial charge < -0.3 is 4.74 Å². The molecule has 1 aromatic heterocycles. The molecule has 7 heteroatoms. The molecule has 0 saturated carbocycles. The summed E-state index contributed by atoms with van der Waals surface area (Å²) in [6, 6.07) is 0. The van der Waals surface area contributed by atoms with Gasteiger partial charge in [0.15, 0.2) is 0 Å². The number of hydrogen-bond acceptors (Lipinski definition) is 5. The second-order valence-corrected chi connectivity index (χ2v) is 6.39. The van der Waals surface area contributed by atoms with Gasteiger partial charge in [-0.3, -0.25) is 0 Å². The zero-order chi connectivity index (χ0) is 12.0. The topological polar surface area (TPSA) is 68.3 Å². The Morgan fingerprint density at radius 1 is 1.56 bits per heavy atom. The lowest BCUT2D eigenvalue weighted by Crippen LogP contribution is -2.28. The van der Waals surface area contributed by atoms with E-state index in [-0.39, 0.29) is 25.0 Å². The fourth-order valence-electron chi connectivity index (χ4n) is 0.978.